The van der Waals surface area contributed by atoms with Gasteiger partial charge in [-0.05, 0) is 48.7 Å². The molecule has 0 atom stereocenters. The number of carbonyl (C=O) groups excluding carboxylic acids is 1. The highest BCUT2D eigenvalue weighted by Crippen LogP contribution is 2.29. The first kappa shape index (κ1) is 21.2. The van der Waals surface area contributed by atoms with Gasteiger partial charge in [-0.1, -0.05) is 12.1 Å². The first-order chi connectivity index (χ1) is 12.4. The van der Waals surface area contributed by atoms with E-state index in [9.17, 15) is 18.3 Å². The molecule has 146 valence electrons. The van der Waals surface area contributed by atoms with Crippen molar-refractivity contribution in [1.82, 2.24) is 4.31 Å². The van der Waals surface area contributed by atoms with Crippen LogP contribution in [0.3, 0.4) is 0 Å². The lowest BCUT2D eigenvalue weighted by Crippen LogP contribution is -2.28. The van der Waals surface area contributed by atoms with E-state index in [-0.39, 0.29) is 28.7 Å². The summed E-state index contributed by atoms with van der Waals surface area (Å²) < 4.78 is 26.7. The molecule has 0 radical (unpaired) electrons. The number of amides is 1. The predicted octanol–water partition coefficient (Wildman–Crippen LogP) is 2.31. The Morgan fingerprint density at radius 1 is 1.11 bits per heavy atom. The average molecular weight is 412 g/mol. The zero-order chi connectivity index (χ0) is 18.7. The second-order valence-electron chi connectivity index (χ2n) is 6.15. The molecule has 0 aliphatic carbocycles. The fourth-order valence-corrected chi connectivity index (χ4v) is 4.38. The van der Waals surface area contributed by atoms with E-state index in [4.69, 9.17) is 5.73 Å². The highest BCUT2D eigenvalue weighted by molar-refractivity contribution is 7.89. The molecule has 1 fully saturated rings. The summed E-state index contributed by atoms with van der Waals surface area (Å²) in [7, 11) is -3.63. The number of benzene rings is 2. The Bertz CT molecular complexity index is 911. The number of aromatic hydroxyl groups is 1. The zero-order valence-electron chi connectivity index (χ0n) is 14.6. The van der Waals surface area contributed by atoms with Crippen LogP contribution in [0.15, 0.2) is 47.4 Å². The average Bonchev–Trinajstić information content (AvgIpc) is 3.19. The minimum absolute atomic E-state index is 0. The van der Waals surface area contributed by atoms with Crippen molar-refractivity contribution in [2.24, 2.45) is 5.73 Å². The molecule has 0 aromatic heterocycles. The fraction of sp³-hybridized carbons (Fsp3) is 0.278. The van der Waals surface area contributed by atoms with Gasteiger partial charge in [0.2, 0.25) is 10.0 Å². The number of phenolic OH excluding ortho intramolecular Hbond substituents is 1. The van der Waals surface area contributed by atoms with E-state index >= 15 is 0 Å². The van der Waals surface area contributed by atoms with Gasteiger partial charge in [0.15, 0.2) is 0 Å². The summed E-state index contributed by atoms with van der Waals surface area (Å²) in [5, 5.41) is 12.6. The van der Waals surface area contributed by atoms with Crippen molar-refractivity contribution < 1.29 is 18.3 Å². The summed E-state index contributed by atoms with van der Waals surface area (Å²) in [6.45, 7) is 1.34. The van der Waals surface area contributed by atoms with Crippen molar-refractivity contribution in [3.8, 4) is 5.75 Å². The van der Waals surface area contributed by atoms with Gasteiger partial charge in [0.25, 0.3) is 5.91 Å². The Kier molecular flexibility index (Phi) is 6.83. The summed E-state index contributed by atoms with van der Waals surface area (Å²) in [6.07, 6.45) is 1.67. The highest BCUT2D eigenvalue weighted by Gasteiger charge is 2.28. The smallest absolute Gasteiger partial charge is 0.255 e. The molecule has 0 unspecified atom stereocenters. The number of sulfonamides is 1. The number of hydrogen-bond acceptors (Lipinski definition) is 5. The van der Waals surface area contributed by atoms with Crippen LogP contribution in [0.1, 0.15) is 28.8 Å². The molecule has 0 spiro atoms. The number of phenols is 1. The molecule has 27 heavy (non-hydrogen) atoms. The van der Waals surface area contributed by atoms with Crippen LogP contribution in [0.5, 0.6) is 5.75 Å². The van der Waals surface area contributed by atoms with Crippen LogP contribution in [-0.4, -0.2) is 36.8 Å². The molecule has 1 aliphatic heterocycles. The van der Waals surface area contributed by atoms with Gasteiger partial charge in [-0.3, -0.25) is 4.79 Å². The van der Waals surface area contributed by atoms with Gasteiger partial charge in [-0.25, -0.2) is 8.42 Å². The fourth-order valence-electron chi connectivity index (χ4n) is 2.84. The van der Waals surface area contributed by atoms with Gasteiger partial charge in [-0.2, -0.15) is 4.31 Å². The lowest BCUT2D eigenvalue weighted by Gasteiger charge is -2.16. The number of nitrogens with two attached hydrogens (primary N) is 1. The minimum atomic E-state index is -3.63. The number of carbonyl (C=O) groups is 1. The summed E-state index contributed by atoms with van der Waals surface area (Å²) in [4.78, 5) is 12.4. The van der Waals surface area contributed by atoms with E-state index in [1.165, 1.54) is 22.5 Å². The molecule has 2 aromatic carbocycles. The van der Waals surface area contributed by atoms with Crippen LogP contribution in [0.2, 0.25) is 0 Å². The third kappa shape index (κ3) is 4.59. The Morgan fingerprint density at radius 3 is 2.33 bits per heavy atom. The molecule has 1 amide bonds. The SMILES string of the molecule is Cl.NCc1ccc(C(=O)Nc2cc(S(=O)(=O)N3CCCC3)ccc2O)cc1. The monoisotopic (exact) mass is 411 g/mol. The number of rotatable bonds is 5. The van der Waals surface area contributed by atoms with Gasteiger partial charge in [0, 0.05) is 25.2 Å². The molecule has 2 aromatic rings. The molecule has 1 heterocycles. The largest absolute Gasteiger partial charge is 0.506 e. The molecule has 0 saturated carbocycles. The topological polar surface area (TPSA) is 113 Å². The number of nitrogens with zero attached hydrogens (tertiary/aromatic N) is 1. The lowest BCUT2D eigenvalue weighted by molar-refractivity contribution is 0.102. The normalized spacial score (nSPS) is 14.6. The molecule has 7 nitrogen and oxygen atoms in total. The Labute approximate surface area is 164 Å². The summed E-state index contributed by atoms with van der Waals surface area (Å²) in [5.41, 5.74) is 6.86. The van der Waals surface area contributed by atoms with E-state index in [1.54, 1.807) is 24.3 Å². The number of hydrogen-bond donors (Lipinski definition) is 3. The molecule has 9 heteroatoms. The van der Waals surface area contributed by atoms with Crippen LogP contribution < -0.4 is 11.1 Å². The number of anilines is 1. The highest BCUT2D eigenvalue weighted by atomic mass is 35.5. The predicted molar refractivity (Wildman–Crippen MR) is 106 cm³/mol. The summed E-state index contributed by atoms with van der Waals surface area (Å²) in [6, 6.07) is 10.6. The number of halogens is 1. The maximum absolute atomic E-state index is 12.6. The quantitative estimate of drug-likeness (QED) is 0.653. The molecular formula is C18H22ClN3O4S. The number of nitrogens with one attached hydrogen (secondary N) is 1. The zero-order valence-corrected chi connectivity index (χ0v) is 16.2. The van der Waals surface area contributed by atoms with Crippen molar-refractivity contribution in [2.75, 3.05) is 18.4 Å². The standard InChI is InChI=1S/C18H21N3O4S.ClH/c19-12-13-3-5-14(6-4-13)18(23)20-16-11-15(7-8-17(16)22)26(24,25)21-9-1-2-10-21;/h3-8,11,22H,1-2,9-10,12,19H2,(H,20,23);1H. The lowest BCUT2D eigenvalue weighted by atomic mass is 10.1. The van der Waals surface area contributed by atoms with Crippen LogP contribution in [0.25, 0.3) is 0 Å². The third-order valence-corrected chi connectivity index (χ3v) is 6.27. The Balaban J connectivity index is 0.00000261. The Morgan fingerprint density at radius 2 is 1.74 bits per heavy atom. The maximum atomic E-state index is 12.6. The maximum Gasteiger partial charge on any atom is 0.255 e. The van der Waals surface area contributed by atoms with Gasteiger partial charge < -0.3 is 16.2 Å². The van der Waals surface area contributed by atoms with E-state index in [1.807, 2.05) is 0 Å². The first-order valence-electron chi connectivity index (χ1n) is 8.35. The van der Waals surface area contributed by atoms with Crippen LogP contribution in [0, 0.1) is 0 Å². The van der Waals surface area contributed by atoms with Crippen LogP contribution in [-0.2, 0) is 16.6 Å². The van der Waals surface area contributed by atoms with Crippen molar-refractivity contribution in [2.45, 2.75) is 24.3 Å². The van der Waals surface area contributed by atoms with Gasteiger partial charge in [0.05, 0.1) is 10.6 Å². The second kappa shape index (κ2) is 8.71. The van der Waals surface area contributed by atoms with Crippen LogP contribution in [0.4, 0.5) is 5.69 Å². The van der Waals surface area contributed by atoms with E-state index in [0.29, 0.717) is 25.2 Å². The van der Waals surface area contributed by atoms with E-state index in [0.717, 1.165) is 18.4 Å². The van der Waals surface area contributed by atoms with Gasteiger partial charge in [-0.15, -0.1) is 12.4 Å². The second-order valence-corrected chi connectivity index (χ2v) is 8.08. The van der Waals surface area contributed by atoms with E-state index in [2.05, 4.69) is 5.32 Å². The van der Waals surface area contributed by atoms with Gasteiger partial charge >= 0.3 is 0 Å². The van der Waals surface area contributed by atoms with Crippen LogP contribution >= 0.6 is 12.4 Å². The first-order valence-corrected chi connectivity index (χ1v) is 9.79. The Hall–Kier alpha value is -2.13. The molecule has 0 bridgehead atoms. The van der Waals surface area contributed by atoms with Crippen molar-refractivity contribution in [1.29, 1.82) is 0 Å². The van der Waals surface area contributed by atoms with Crippen molar-refractivity contribution in [3.05, 3.63) is 53.6 Å². The summed E-state index contributed by atoms with van der Waals surface area (Å²) >= 11 is 0. The van der Waals surface area contributed by atoms with E-state index < -0.39 is 15.9 Å². The molecule has 3 rings (SSSR count). The molecule has 1 saturated heterocycles. The molecule has 4 N–H and O–H groups in total. The minimum Gasteiger partial charge on any atom is -0.506 e. The third-order valence-electron chi connectivity index (χ3n) is 4.37. The van der Waals surface area contributed by atoms with Crippen molar-refractivity contribution >= 4 is 34.0 Å². The molecule has 1 aliphatic rings. The summed E-state index contributed by atoms with van der Waals surface area (Å²) in [5.74, 6) is -0.642. The van der Waals surface area contributed by atoms with Gasteiger partial charge in [0.1, 0.15) is 5.75 Å². The van der Waals surface area contributed by atoms with Crippen molar-refractivity contribution in [3.63, 3.8) is 0 Å². The molecular weight excluding hydrogens is 390 g/mol.